The smallest absolute Gasteiger partial charge is 0.322 e. The number of methoxy groups -OCH3 is 1. The van der Waals surface area contributed by atoms with Crippen LogP contribution in [-0.2, 0) is 18.8 Å². The van der Waals surface area contributed by atoms with Crippen molar-refractivity contribution in [3.05, 3.63) is 12.2 Å². The predicted molar refractivity (Wildman–Crippen MR) is 102 cm³/mol. The summed E-state index contributed by atoms with van der Waals surface area (Å²) in [6, 6.07) is 0. The van der Waals surface area contributed by atoms with Gasteiger partial charge in [-0.1, -0.05) is 47.1 Å². The van der Waals surface area contributed by atoms with Crippen molar-refractivity contribution in [2.45, 2.75) is 78.1 Å². The van der Waals surface area contributed by atoms with Gasteiger partial charge in [-0.25, -0.2) is 0 Å². The van der Waals surface area contributed by atoms with Gasteiger partial charge >= 0.3 is 5.97 Å². The maximum Gasteiger partial charge on any atom is 0.322 e. The van der Waals surface area contributed by atoms with E-state index in [9.17, 15) is 9.59 Å². The molecule has 5 heteroatoms. The molecule has 0 aromatic heterocycles. The van der Waals surface area contributed by atoms with Crippen LogP contribution in [-0.4, -0.2) is 33.3 Å². The average molecular weight is 367 g/mol. The van der Waals surface area contributed by atoms with Gasteiger partial charge in [-0.2, -0.15) is 0 Å². The van der Waals surface area contributed by atoms with Crippen LogP contribution in [0.4, 0.5) is 0 Å². The number of fused-ring (bicyclic) bond motifs is 1. The third-order valence-corrected chi connectivity index (χ3v) is 11.2. The molecule has 0 aromatic rings. The first-order valence-corrected chi connectivity index (χ1v) is 12.2. The fourth-order valence-electron chi connectivity index (χ4n) is 4.25. The van der Waals surface area contributed by atoms with Crippen LogP contribution >= 0.6 is 0 Å². The molecule has 0 aromatic carbocycles. The van der Waals surface area contributed by atoms with E-state index in [0.717, 1.165) is 19.3 Å². The SMILES string of the molecule is COC(=O)[C@]12C(=O)C=CC(C)(C)[C@H]1CCCC2O[Si](C)(C)C(C)(C)C. The van der Waals surface area contributed by atoms with E-state index in [2.05, 4.69) is 47.7 Å². The Labute approximate surface area is 153 Å². The summed E-state index contributed by atoms with van der Waals surface area (Å²) in [5.41, 5.74) is -1.45. The molecule has 1 fully saturated rings. The molecule has 0 amide bonds. The van der Waals surface area contributed by atoms with Crippen LogP contribution in [0.3, 0.4) is 0 Å². The molecule has 2 aliphatic rings. The number of ether oxygens (including phenoxy) is 1. The van der Waals surface area contributed by atoms with Crippen molar-refractivity contribution in [1.82, 2.24) is 0 Å². The van der Waals surface area contributed by atoms with Gasteiger partial charge in [-0.15, -0.1) is 0 Å². The van der Waals surface area contributed by atoms with Gasteiger partial charge in [-0.3, -0.25) is 9.59 Å². The summed E-state index contributed by atoms with van der Waals surface area (Å²) in [7, 11) is -0.755. The highest BCUT2D eigenvalue weighted by Crippen LogP contribution is 2.56. The summed E-state index contributed by atoms with van der Waals surface area (Å²) < 4.78 is 11.9. The van der Waals surface area contributed by atoms with E-state index >= 15 is 0 Å². The van der Waals surface area contributed by atoms with Crippen LogP contribution in [0.5, 0.6) is 0 Å². The lowest BCUT2D eigenvalue weighted by atomic mass is 9.51. The van der Waals surface area contributed by atoms with Crippen molar-refractivity contribution in [2.75, 3.05) is 7.11 Å². The molecule has 0 radical (unpaired) electrons. The summed E-state index contributed by atoms with van der Waals surface area (Å²) in [5.74, 6) is -0.663. The molecule has 2 rings (SSSR count). The summed E-state index contributed by atoms with van der Waals surface area (Å²) in [6.45, 7) is 15.1. The molecule has 4 nitrogen and oxygen atoms in total. The Morgan fingerprint density at radius 2 is 1.84 bits per heavy atom. The number of hydrogen-bond donors (Lipinski definition) is 0. The topological polar surface area (TPSA) is 52.6 Å². The Kier molecular flexibility index (Phi) is 5.17. The lowest BCUT2D eigenvalue weighted by molar-refractivity contribution is -0.179. The highest BCUT2D eigenvalue weighted by Gasteiger charge is 2.65. The number of rotatable bonds is 3. The van der Waals surface area contributed by atoms with Crippen LogP contribution in [0.25, 0.3) is 0 Å². The Morgan fingerprint density at radius 1 is 1.24 bits per heavy atom. The number of carbonyl (C=O) groups excluding carboxylic acids is 2. The van der Waals surface area contributed by atoms with Crippen LogP contribution in [0.2, 0.25) is 18.1 Å². The minimum atomic E-state index is -2.13. The van der Waals surface area contributed by atoms with Crippen LogP contribution in [0.15, 0.2) is 12.2 Å². The van der Waals surface area contributed by atoms with Crippen LogP contribution < -0.4 is 0 Å². The first kappa shape index (κ1) is 20.4. The second-order valence-electron chi connectivity index (χ2n) is 9.73. The number of carbonyl (C=O) groups is 2. The van der Waals surface area contributed by atoms with Gasteiger partial charge in [0.05, 0.1) is 13.2 Å². The standard InChI is InChI=1S/C20H34O4Si/c1-18(2,3)25(7,8)24-16-11-9-10-14-19(4,5)13-12-15(21)20(14,16)17(22)23-6/h12-14,16H,9-11H2,1-8H3/t14-,16?,20+/m1/s1. The summed E-state index contributed by atoms with van der Waals surface area (Å²) >= 11 is 0. The van der Waals surface area contributed by atoms with Gasteiger partial charge in [-0.05, 0) is 48.4 Å². The third kappa shape index (κ3) is 3.14. The summed E-state index contributed by atoms with van der Waals surface area (Å²) in [4.78, 5) is 26.2. The maximum atomic E-state index is 13.1. The zero-order chi connectivity index (χ0) is 19.3. The van der Waals surface area contributed by atoms with Crippen LogP contribution in [0.1, 0.15) is 53.9 Å². The zero-order valence-corrected chi connectivity index (χ0v) is 18.1. The molecule has 0 saturated heterocycles. The van der Waals surface area contributed by atoms with Gasteiger partial charge in [0, 0.05) is 0 Å². The Morgan fingerprint density at radius 3 is 2.36 bits per heavy atom. The summed E-state index contributed by atoms with van der Waals surface area (Å²) in [6.07, 6.45) is 5.67. The molecule has 25 heavy (non-hydrogen) atoms. The van der Waals surface area contributed by atoms with Gasteiger partial charge in [0.25, 0.3) is 0 Å². The first-order valence-electron chi connectivity index (χ1n) is 9.30. The van der Waals surface area contributed by atoms with Crippen molar-refractivity contribution >= 4 is 20.1 Å². The highest BCUT2D eigenvalue weighted by atomic mass is 28.4. The fourth-order valence-corrected chi connectivity index (χ4v) is 5.62. The second-order valence-corrected chi connectivity index (χ2v) is 14.5. The van der Waals surface area contributed by atoms with E-state index in [1.54, 1.807) is 6.08 Å². The van der Waals surface area contributed by atoms with E-state index in [0.29, 0.717) is 0 Å². The largest absolute Gasteiger partial charge is 0.468 e. The Balaban J connectivity index is 2.58. The number of hydrogen-bond acceptors (Lipinski definition) is 4. The van der Waals surface area contributed by atoms with Gasteiger partial charge < -0.3 is 9.16 Å². The minimum Gasteiger partial charge on any atom is -0.468 e. The quantitative estimate of drug-likeness (QED) is 0.419. The summed E-state index contributed by atoms with van der Waals surface area (Å²) in [5, 5.41) is 0.0142. The second kappa shape index (κ2) is 6.34. The molecule has 1 unspecified atom stereocenters. The highest BCUT2D eigenvalue weighted by molar-refractivity contribution is 6.74. The maximum absolute atomic E-state index is 13.1. The third-order valence-electron chi connectivity index (χ3n) is 6.75. The van der Waals surface area contributed by atoms with E-state index < -0.39 is 25.8 Å². The molecule has 0 heterocycles. The zero-order valence-electron chi connectivity index (χ0n) is 17.1. The monoisotopic (exact) mass is 366 g/mol. The molecule has 2 aliphatic carbocycles. The molecule has 3 atom stereocenters. The molecular formula is C20H34O4Si. The molecule has 0 bridgehead atoms. The van der Waals surface area contributed by atoms with E-state index in [-0.39, 0.29) is 22.2 Å². The van der Waals surface area contributed by atoms with Gasteiger partial charge in [0.15, 0.2) is 19.5 Å². The molecule has 0 aliphatic heterocycles. The molecule has 142 valence electrons. The minimum absolute atomic E-state index is 0.0142. The fraction of sp³-hybridized carbons (Fsp3) is 0.800. The van der Waals surface area contributed by atoms with Crippen LogP contribution in [0, 0.1) is 16.7 Å². The van der Waals surface area contributed by atoms with Crippen molar-refractivity contribution in [2.24, 2.45) is 16.7 Å². The lowest BCUT2D eigenvalue weighted by Crippen LogP contribution is -2.64. The number of esters is 1. The van der Waals surface area contributed by atoms with E-state index in [4.69, 9.17) is 9.16 Å². The lowest BCUT2D eigenvalue weighted by Gasteiger charge is -2.54. The number of ketones is 1. The molecule has 0 N–H and O–H groups in total. The van der Waals surface area contributed by atoms with E-state index in [1.807, 2.05) is 6.08 Å². The van der Waals surface area contributed by atoms with Crippen molar-refractivity contribution in [3.8, 4) is 0 Å². The Hall–Kier alpha value is -0.943. The van der Waals surface area contributed by atoms with E-state index in [1.165, 1.54) is 7.11 Å². The number of allylic oxidation sites excluding steroid dienone is 2. The van der Waals surface area contributed by atoms with Crippen molar-refractivity contribution in [1.29, 1.82) is 0 Å². The normalized spacial score (nSPS) is 32.2. The molecular weight excluding hydrogens is 332 g/mol. The average Bonchev–Trinajstić information content (AvgIpc) is 2.49. The molecule has 1 saturated carbocycles. The molecule has 0 spiro atoms. The van der Waals surface area contributed by atoms with Gasteiger partial charge in [0.2, 0.25) is 0 Å². The van der Waals surface area contributed by atoms with Crippen molar-refractivity contribution in [3.63, 3.8) is 0 Å². The van der Waals surface area contributed by atoms with Gasteiger partial charge in [0.1, 0.15) is 0 Å². The Bertz CT molecular complexity index is 585. The first-order chi connectivity index (χ1) is 11.3. The predicted octanol–water partition coefficient (Wildman–Crippen LogP) is 4.50. The van der Waals surface area contributed by atoms with Crippen molar-refractivity contribution < 1.29 is 18.8 Å².